The second-order valence-corrected chi connectivity index (χ2v) is 6.93. The Morgan fingerprint density at radius 2 is 2.09 bits per heavy atom. The molecule has 22 heavy (non-hydrogen) atoms. The van der Waals surface area contributed by atoms with Gasteiger partial charge in [-0.05, 0) is 56.6 Å². The Kier molecular flexibility index (Phi) is 8.07. The number of piperidine rings is 1. The third-order valence-electron chi connectivity index (χ3n) is 3.85. The molecule has 0 saturated carbocycles. The lowest BCUT2D eigenvalue weighted by atomic mass is 9.95. The van der Waals surface area contributed by atoms with E-state index in [2.05, 4.69) is 17.6 Å². The third kappa shape index (κ3) is 5.38. The molecule has 1 saturated heterocycles. The Morgan fingerprint density at radius 1 is 1.41 bits per heavy atom. The maximum absolute atomic E-state index is 12.3. The normalized spacial score (nSPS) is 22.3. The SMILES string of the molecule is COc1ccc(SC(C)C(=O)NC2CCNCC2C)cc1.Cl. The lowest BCUT2D eigenvalue weighted by Gasteiger charge is -2.31. The quantitative estimate of drug-likeness (QED) is 0.806. The molecule has 3 unspecified atom stereocenters. The van der Waals surface area contributed by atoms with Gasteiger partial charge in [0.2, 0.25) is 5.91 Å². The number of methoxy groups -OCH3 is 1. The van der Waals surface area contributed by atoms with Gasteiger partial charge in [0.1, 0.15) is 5.75 Å². The number of carbonyl (C=O) groups excluding carboxylic acids is 1. The number of halogens is 1. The zero-order valence-electron chi connectivity index (χ0n) is 13.3. The van der Waals surface area contributed by atoms with Crippen molar-refractivity contribution in [2.75, 3.05) is 20.2 Å². The molecule has 124 valence electrons. The van der Waals surface area contributed by atoms with E-state index in [1.54, 1.807) is 18.9 Å². The highest BCUT2D eigenvalue weighted by Gasteiger charge is 2.24. The molecule has 1 aromatic carbocycles. The summed E-state index contributed by atoms with van der Waals surface area (Å²) in [4.78, 5) is 13.4. The Morgan fingerprint density at radius 3 is 2.68 bits per heavy atom. The van der Waals surface area contributed by atoms with Gasteiger partial charge in [-0.3, -0.25) is 4.79 Å². The van der Waals surface area contributed by atoms with Crippen LogP contribution >= 0.6 is 24.2 Å². The van der Waals surface area contributed by atoms with Crippen LogP contribution in [0.25, 0.3) is 0 Å². The zero-order chi connectivity index (χ0) is 15.2. The number of hydrogen-bond acceptors (Lipinski definition) is 4. The molecule has 1 aromatic rings. The fourth-order valence-electron chi connectivity index (χ4n) is 2.44. The van der Waals surface area contributed by atoms with Gasteiger partial charge in [0.05, 0.1) is 12.4 Å². The molecule has 4 nitrogen and oxygen atoms in total. The Hall–Kier alpha value is -0.910. The molecule has 1 fully saturated rings. The Bertz CT molecular complexity index is 470. The first-order valence-electron chi connectivity index (χ1n) is 7.42. The molecule has 0 radical (unpaired) electrons. The summed E-state index contributed by atoms with van der Waals surface area (Å²) in [6.07, 6.45) is 1.01. The molecule has 1 amide bonds. The molecule has 0 aliphatic carbocycles. The topological polar surface area (TPSA) is 50.4 Å². The van der Waals surface area contributed by atoms with Gasteiger partial charge in [-0.15, -0.1) is 24.2 Å². The van der Waals surface area contributed by atoms with Crippen LogP contribution in [-0.2, 0) is 4.79 Å². The molecule has 1 aliphatic rings. The maximum atomic E-state index is 12.3. The highest BCUT2D eigenvalue weighted by atomic mass is 35.5. The van der Waals surface area contributed by atoms with Crippen LogP contribution in [0.4, 0.5) is 0 Å². The first-order chi connectivity index (χ1) is 10.1. The zero-order valence-corrected chi connectivity index (χ0v) is 14.9. The molecule has 2 N–H and O–H groups in total. The largest absolute Gasteiger partial charge is 0.497 e. The van der Waals surface area contributed by atoms with Gasteiger partial charge in [0, 0.05) is 10.9 Å². The summed E-state index contributed by atoms with van der Waals surface area (Å²) in [6, 6.07) is 8.10. The molecule has 6 heteroatoms. The minimum absolute atomic E-state index is 0. The summed E-state index contributed by atoms with van der Waals surface area (Å²) >= 11 is 1.58. The predicted octanol–water partition coefficient (Wildman–Crippen LogP) is 2.71. The first kappa shape index (κ1) is 19.1. The summed E-state index contributed by atoms with van der Waals surface area (Å²) in [6.45, 7) is 6.09. The van der Waals surface area contributed by atoms with Crippen molar-refractivity contribution in [3.8, 4) is 5.75 Å². The van der Waals surface area contributed by atoms with Crippen LogP contribution in [0.1, 0.15) is 20.3 Å². The molecular weight excluding hydrogens is 320 g/mol. The molecule has 0 spiro atoms. The van der Waals surface area contributed by atoms with Crippen molar-refractivity contribution in [1.82, 2.24) is 10.6 Å². The van der Waals surface area contributed by atoms with Crippen molar-refractivity contribution in [3.05, 3.63) is 24.3 Å². The van der Waals surface area contributed by atoms with Crippen LogP contribution in [0, 0.1) is 5.92 Å². The van der Waals surface area contributed by atoms with E-state index in [-0.39, 0.29) is 29.6 Å². The van der Waals surface area contributed by atoms with Crippen LogP contribution in [-0.4, -0.2) is 37.4 Å². The first-order valence-corrected chi connectivity index (χ1v) is 8.30. The molecule has 1 aliphatic heterocycles. The van der Waals surface area contributed by atoms with E-state index in [9.17, 15) is 4.79 Å². The number of ether oxygens (including phenoxy) is 1. The van der Waals surface area contributed by atoms with Crippen LogP contribution in [0.2, 0.25) is 0 Å². The number of benzene rings is 1. The second kappa shape index (κ2) is 9.28. The van der Waals surface area contributed by atoms with E-state index in [1.807, 2.05) is 31.2 Å². The number of amides is 1. The van der Waals surface area contributed by atoms with Crippen molar-refractivity contribution in [3.63, 3.8) is 0 Å². The van der Waals surface area contributed by atoms with Gasteiger partial charge in [-0.25, -0.2) is 0 Å². The summed E-state index contributed by atoms with van der Waals surface area (Å²) < 4.78 is 5.14. The molecule has 0 bridgehead atoms. The third-order valence-corrected chi connectivity index (χ3v) is 4.97. The van der Waals surface area contributed by atoms with Crippen LogP contribution < -0.4 is 15.4 Å². The van der Waals surface area contributed by atoms with Crippen molar-refractivity contribution in [1.29, 1.82) is 0 Å². The van der Waals surface area contributed by atoms with E-state index in [0.29, 0.717) is 5.92 Å². The van der Waals surface area contributed by atoms with Crippen LogP contribution in [0.15, 0.2) is 29.2 Å². The van der Waals surface area contributed by atoms with Gasteiger partial charge in [-0.1, -0.05) is 6.92 Å². The van der Waals surface area contributed by atoms with Gasteiger partial charge < -0.3 is 15.4 Å². The van der Waals surface area contributed by atoms with Crippen LogP contribution in [0.5, 0.6) is 5.75 Å². The minimum atomic E-state index is -0.0968. The molecular formula is C16H25ClN2O2S. The molecule has 0 aromatic heterocycles. The summed E-state index contributed by atoms with van der Waals surface area (Å²) in [7, 11) is 1.65. The van der Waals surface area contributed by atoms with E-state index in [1.165, 1.54) is 0 Å². The number of rotatable bonds is 5. The van der Waals surface area contributed by atoms with Gasteiger partial charge in [0.15, 0.2) is 0 Å². The number of carbonyl (C=O) groups is 1. The van der Waals surface area contributed by atoms with E-state index >= 15 is 0 Å². The highest BCUT2D eigenvalue weighted by Crippen LogP contribution is 2.25. The lowest BCUT2D eigenvalue weighted by Crippen LogP contribution is -2.50. The fourth-order valence-corrected chi connectivity index (χ4v) is 3.32. The number of hydrogen-bond donors (Lipinski definition) is 2. The number of nitrogens with one attached hydrogen (secondary N) is 2. The molecule has 3 atom stereocenters. The van der Waals surface area contributed by atoms with Crippen molar-refractivity contribution in [2.24, 2.45) is 5.92 Å². The average molecular weight is 345 g/mol. The van der Waals surface area contributed by atoms with Gasteiger partial charge >= 0.3 is 0 Å². The van der Waals surface area contributed by atoms with E-state index in [4.69, 9.17) is 4.74 Å². The predicted molar refractivity (Wildman–Crippen MR) is 94.1 cm³/mol. The monoisotopic (exact) mass is 344 g/mol. The summed E-state index contributed by atoms with van der Waals surface area (Å²) in [5.74, 6) is 1.44. The van der Waals surface area contributed by atoms with Crippen molar-refractivity contribution in [2.45, 2.75) is 36.5 Å². The Balaban J connectivity index is 0.00000242. The standard InChI is InChI=1S/C16H24N2O2S.ClH/c1-11-10-17-9-8-15(11)18-16(19)12(2)21-14-6-4-13(20-3)5-7-14;/h4-7,11-12,15,17H,8-10H2,1-3H3,(H,18,19);1H. The number of thioether (sulfide) groups is 1. The fraction of sp³-hybridized carbons (Fsp3) is 0.562. The van der Waals surface area contributed by atoms with Gasteiger partial charge in [0.25, 0.3) is 0 Å². The maximum Gasteiger partial charge on any atom is 0.233 e. The average Bonchev–Trinajstić information content (AvgIpc) is 2.50. The van der Waals surface area contributed by atoms with Crippen molar-refractivity contribution >= 4 is 30.1 Å². The molecule has 2 rings (SSSR count). The van der Waals surface area contributed by atoms with Crippen LogP contribution in [0.3, 0.4) is 0 Å². The van der Waals surface area contributed by atoms with E-state index in [0.717, 1.165) is 30.2 Å². The smallest absolute Gasteiger partial charge is 0.233 e. The summed E-state index contributed by atoms with van der Waals surface area (Å²) in [5.41, 5.74) is 0. The highest BCUT2D eigenvalue weighted by molar-refractivity contribution is 8.00. The van der Waals surface area contributed by atoms with E-state index < -0.39 is 0 Å². The Labute approximate surface area is 143 Å². The lowest BCUT2D eigenvalue weighted by molar-refractivity contribution is -0.121. The second-order valence-electron chi connectivity index (χ2n) is 5.52. The summed E-state index contributed by atoms with van der Waals surface area (Å²) in [5, 5.41) is 6.44. The molecule has 1 heterocycles. The van der Waals surface area contributed by atoms with Gasteiger partial charge in [-0.2, -0.15) is 0 Å². The minimum Gasteiger partial charge on any atom is -0.497 e. The van der Waals surface area contributed by atoms with Crippen molar-refractivity contribution < 1.29 is 9.53 Å².